The van der Waals surface area contributed by atoms with Crippen molar-refractivity contribution in [2.45, 2.75) is 51.8 Å². The van der Waals surface area contributed by atoms with Gasteiger partial charge in [-0.2, -0.15) is 5.26 Å². The van der Waals surface area contributed by atoms with Crippen LogP contribution in [0.4, 0.5) is 5.82 Å². The van der Waals surface area contributed by atoms with Crippen LogP contribution in [0.1, 0.15) is 47.1 Å². The van der Waals surface area contributed by atoms with E-state index in [9.17, 15) is 15.2 Å². The SMILES string of the molecule is Cc1cccc(-c2cccc(N3CCC(C(=O)O)C3)n2)c1OCc1cc(C#N)c2c(c1)CCN(C1CCOCC1)C2. The van der Waals surface area contributed by atoms with Crippen molar-refractivity contribution in [2.24, 2.45) is 5.92 Å². The molecule has 1 aromatic heterocycles. The second kappa shape index (κ2) is 11.9. The van der Waals surface area contributed by atoms with Gasteiger partial charge in [0.05, 0.1) is 23.2 Å². The summed E-state index contributed by atoms with van der Waals surface area (Å²) in [5, 5.41) is 19.4. The van der Waals surface area contributed by atoms with Crippen LogP contribution in [-0.2, 0) is 29.1 Å². The fourth-order valence-corrected chi connectivity index (χ4v) is 6.42. The zero-order valence-corrected chi connectivity index (χ0v) is 23.5. The van der Waals surface area contributed by atoms with E-state index in [0.717, 1.165) is 90.6 Å². The minimum Gasteiger partial charge on any atom is -0.488 e. The molecular weight excluding hydrogens is 516 g/mol. The Labute approximate surface area is 241 Å². The monoisotopic (exact) mass is 552 g/mol. The summed E-state index contributed by atoms with van der Waals surface area (Å²) in [5.41, 5.74) is 6.82. The van der Waals surface area contributed by atoms with Crippen molar-refractivity contribution in [3.8, 4) is 23.1 Å². The number of carboxylic acid groups (broad SMARTS) is 1. The van der Waals surface area contributed by atoms with Gasteiger partial charge in [-0.25, -0.2) is 4.98 Å². The highest BCUT2D eigenvalue weighted by molar-refractivity contribution is 5.73. The lowest BCUT2D eigenvalue weighted by Gasteiger charge is -2.38. The van der Waals surface area contributed by atoms with Crippen LogP contribution in [0.15, 0.2) is 48.5 Å². The minimum atomic E-state index is -0.753. The van der Waals surface area contributed by atoms with Crippen molar-refractivity contribution >= 4 is 11.8 Å². The van der Waals surface area contributed by atoms with Gasteiger partial charge in [0.2, 0.25) is 0 Å². The standard InChI is InChI=1S/C33H36N4O4/c1-22-4-2-5-28(30-6-3-7-31(35-30)37-13-9-25(19-37)33(38)39)32(22)41-21-23-16-24-8-12-36(27-10-14-40-15-11-27)20-29(24)26(17-23)18-34/h2-7,16-17,25,27H,8-15,19-21H2,1H3,(H,38,39). The topological polar surface area (TPSA) is 98.9 Å². The smallest absolute Gasteiger partial charge is 0.308 e. The van der Waals surface area contributed by atoms with Crippen molar-refractivity contribution < 1.29 is 19.4 Å². The molecular formula is C33H36N4O4. The first-order chi connectivity index (χ1) is 20.0. The Morgan fingerprint density at radius 3 is 2.76 bits per heavy atom. The third kappa shape index (κ3) is 5.79. The number of ether oxygens (including phenoxy) is 2. The number of carbonyl (C=O) groups is 1. The summed E-state index contributed by atoms with van der Waals surface area (Å²) in [4.78, 5) is 20.9. The number of fused-ring (bicyclic) bond motifs is 1. The number of aliphatic carboxylic acids is 1. The molecule has 0 spiro atoms. The number of carboxylic acids is 1. The minimum absolute atomic E-state index is 0.357. The average molecular weight is 553 g/mol. The predicted molar refractivity (Wildman–Crippen MR) is 156 cm³/mol. The molecule has 4 heterocycles. The van der Waals surface area contributed by atoms with Gasteiger partial charge in [0.1, 0.15) is 18.2 Å². The largest absolute Gasteiger partial charge is 0.488 e. The second-order valence-electron chi connectivity index (χ2n) is 11.3. The molecule has 0 bridgehead atoms. The fraction of sp³-hybridized carbons (Fsp3) is 0.424. The fourth-order valence-electron chi connectivity index (χ4n) is 6.42. The molecule has 6 rings (SSSR count). The first kappa shape index (κ1) is 27.3. The van der Waals surface area contributed by atoms with Crippen LogP contribution in [-0.4, -0.2) is 59.8 Å². The lowest BCUT2D eigenvalue weighted by atomic mass is 9.91. The first-order valence-corrected chi connectivity index (χ1v) is 14.5. The molecule has 2 saturated heterocycles. The van der Waals surface area contributed by atoms with Crippen LogP contribution in [0.25, 0.3) is 11.3 Å². The molecule has 41 heavy (non-hydrogen) atoms. The van der Waals surface area contributed by atoms with Crippen molar-refractivity contribution in [2.75, 3.05) is 37.7 Å². The number of pyridine rings is 1. The van der Waals surface area contributed by atoms with E-state index >= 15 is 0 Å². The van der Waals surface area contributed by atoms with Crippen molar-refractivity contribution in [1.29, 1.82) is 5.26 Å². The maximum Gasteiger partial charge on any atom is 0.308 e. The zero-order valence-electron chi connectivity index (χ0n) is 23.5. The van der Waals surface area contributed by atoms with Gasteiger partial charge >= 0.3 is 5.97 Å². The Bertz CT molecular complexity index is 1480. The highest BCUT2D eigenvalue weighted by atomic mass is 16.5. The van der Waals surface area contributed by atoms with Gasteiger partial charge in [-0.15, -0.1) is 0 Å². The van der Waals surface area contributed by atoms with E-state index in [1.807, 2.05) is 54.3 Å². The van der Waals surface area contributed by atoms with Crippen LogP contribution in [0.5, 0.6) is 5.75 Å². The van der Waals surface area contributed by atoms with Crippen molar-refractivity contribution in [1.82, 2.24) is 9.88 Å². The van der Waals surface area contributed by atoms with Gasteiger partial charge in [0, 0.05) is 51.0 Å². The number of benzene rings is 2. The molecule has 0 saturated carbocycles. The summed E-state index contributed by atoms with van der Waals surface area (Å²) >= 11 is 0. The number of hydrogen-bond donors (Lipinski definition) is 1. The molecule has 1 unspecified atom stereocenters. The number of hydrogen-bond acceptors (Lipinski definition) is 7. The van der Waals surface area contributed by atoms with Gasteiger partial charge < -0.3 is 19.5 Å². The van der Waals surface area contributed by atoms with Gasteiger partial charge in [0.25, 0.3) is 0 Å². The number of anilines is 1. The third-order valence-electron chi connectivity index (χ3n) is 8.73. The zero-order chi connectivity index (χ0) is 28.3. The van der Waals surface area contributed by atoms with Crippen molar-refractivity contribution in [3.63, 3.8) is 0 Å². The number of nitrogens with zero attached hydrogens (tertiary/aromatic N) is 4. The summed E-state index contributed by atoms with van der Waals surface area (Å²) in [6.07, 6.45) is 3.67. The molecule has 3 aliphatic heterocycles. The lowest BCUT2D eigenvalue weighted by Crippen LogP contribution is -2.42. The Balaban J connectivity index is 1.21. The van der Waals surface area contributed by atoms with Gasteiger partial charge in [0.15, 0.2) is 0 Å². The van der Waals surface area contributed by atoms with E-state index in [0.29, 0.717) is 32.2 Å². The molecule has 0 aliphatic carbocycles. The number of nitriles is 1. The number of rotatable bonds is 7. The van der Waals surface area contributed by atoms with E-state index < -0.39 is 5.97 Å². The molecule has 2 aromatic carbocycles. The molecule has 212 valence electrons. The molecule has 2 fully saturated rings. The van der Waals surface area contributed by atoms with Crippen LogP contribution in [0.2, 0.25) is 0 Å². The summed E-state index contributed by atoms with van der Waals surface area (Å²) < 4.78 is 12.0. The van der Waals surface area contributed by atoms with Gasteiger partial charge in [-0.3, -0.25) is 9.69 Å². The quantitative estimate of drug-likeness (QED) is 0.439. The van der Waals surface area contributed by atoms with Crippen LogP contribution >= 0.6 is 0 Å². The summed E-state index contributed by atoms with van der Waals surface area (Å²) in [7, 11) is 0. The molecule has 1 N–H and O–H groups in total. The highest BCUT2D eigenvalue weighted by Gasteiger charge is 2.29. The van der Waals surface area contributed by atoms with Gasteiger partial charge in [-0.1, -0.05) is 24.3 Å². The lowest BCUT2D eigenvalue weighted by molar-refractivity contribution is -0.140. The molecule has 3 aliphatic rings. The summed E-state index contributed by atoms with van der Waals surface area (Å²) in [6, 6.07) is 19.1. The van der Waals surface area contributed by atoms with E-state index in [-0.39, 0.29) is 5.92 Å². The van der Waals surface area contributed by atoms with Gasteiger partial charge in [-0.05, 0) is 79.1 Å². The highest BCUT2D eigenvalue weighted by Crippen LogP contribution is 2.35. The maximum atomic E-state index is 11.4. The molecule has 8 heteroatoms. The molecule has 8 nitrogen and oxygen atoms in total. The van der Waals surface area contributed by atoms with E-state index in [2.05, 4.69) is 17.0 Å². The molecule has 1 atom stereocenters. The first-order valence-electron chi connectivity index (χ1n) is 14.5. The van der Waals surface area contributed by atoms with E-state index in [4.69, 9.17) is 14.5 Å². The average Bonchev–Trinajstić information content (AvgIpc) is 3.51. The Kier molecular flexibility index (Phi) is 7.91. The number of para-hydroxylation sites is 1. The molecule has 3 aromatic rings. The summed E-state index contributed by atoms with van der Waals surface area (Å²) in [5.74, 6) is 0.431. The predicted octanol–water partition coefficient (Wildman–Crippen LogP) is 4.96. The Morgan fingerprint density at radius 1 is 1.15 bits per heavy atom. The van der Waals surface area contributed by atoms with Crippen LogP contribution in [0.3, 0.4) is 0 Å². The third-order valence-corrected chi connectivity index (χ3v) is 8.73. The number of aryl methyl sites for hydroxylation is 1. The summed E-state index contributed by atoms with van der Waals surface area (Å²) in [6.45, 7) is 6.99. The van der Waals surface area contributed by atoms with Crippen LogP contribution in [0, 0.1) is 24.2 Å². The van der Waals surface area contributed by atoms with E-state index in [1.54, 1.807) is 0 Å². The Hall–Kier alpha value is -3.93. The Morgan fingerprint density at radius 2 is 1.98 bits per heavy atom. The molecule has 0 radical (unpaired) electrons. The molecule has 0 amide bonds. The maximum absolute atomic E-state index is 11.4. The van der Waals surface area contributed by atoms with E-state index in [1.165, 1.54) is 5.56 Å². The van der Waals surface area contributed by atoms with Crippen molar-refractivity contribution in [3.05, 3.63) is 76.3 Å². The number of aromatic nitrogens is 1. The van der Waals surface area contributed by atoms with Crippen LogP contribution < -0.4 is 9.64 Å². The normalized spacial score (nSPS) is 19.5. The second-order valence-corrected chi connectivity index (χ2v) is 11.3.